The van der Waals surface area contributed by atoms with Crippen LogP contribution < -0.4 is 4.74 Å². The van der Waals surface area contributed by atoms with Crippen LogP contribution in [-0.2, 0) is 21.2 Å². The van der Waals surface area contributed by atoms with Crippen LogP contribution in [0, 0.1) is 5.92 Å². The summed E-state index contributed by atoms with van der Waals surface area (Å²) in [6.07, 6.45) is 2.53. The van der Waals surface area contributed by atoms with Crippen molar-refractivity contribution in [3.63, 3.8) is 0 Å². The highest BCUT2D eigenvalue weighted by atomic mass is 32.2. The average molecular weight is 418 g/mol. The summed E-state index contributed by atoms with van der Waals surface area (Å²) in [5.41, 5.74) is 1.40. The van der Waals surface area contributed by atoms with Gasteiger partial charge in [0, 0.05) is 20.2 Å². The van der Waals surface area contributed by atoms with Crippen LogP contribution in [0.1, 0.15) is 35.7 Å². The number of sulfonamides is 1. The second-order valence-electron chi connectivity index (χ2n) is 7.39. The molecule has 0 atom stereocenters. The lowest BCUT2D eigenvalue weighted by Crippen LogP contribution is -2.37. The maximum Gasteiger partial charge on any atom is 0.343 e. The minimum atomic E-state index is -3.53. The Morgan fingerprint density at radius 3 is 2.24 bits per heavy atom. The monoisotopic (exact) mass is 417 g/mol. The summed E-state index contributed by atoms with van der Waals surface area (Å²) < 4.78 is 37.5. The molecule has 0 bridgehead atoms. The van der Waals surface area contributed by atoms with E-state index in [0.29, 0.717) is 36.9 Å². The van der Waals surface area contributed by atoms with E-state index < -0.39 is 16.0 Å². The molecule has 2 aromatic rings. The number of methoxy groups -OCH3 is 1. The minimum Gasteiger partial charge on any atom is -0.423 e. The lowest BCUT2D eigenvalue weighted by atomic mass is 10.0. The number of rotatable bonds is 7. The predicted molar refractivity (Wildman–Crippen MR) is 111 cm³/mol. The normalized spacial score (nSPS) is 15.9. The minimum absolute atomic E-state index is 0.200. The Balaban J connectivity index is 1.64. The van der Waals surface area contributed by atoms with Crippen LogP contribution >= 0.6 is 0 Å². The highest BCUT2D eigenvalue weighted by Gasteiger charge is 2.28. The fourth-order valence-electron chi connectivity index (χ4n) is 3.25. The molecule has 1 fully saturated rings. The van der Waals surface area contributed by atoms with Crippen LogP contribution in [0.15, 0.2) is 53.4 Å². The lowest BCUT2D eigenvalue weighted by Gasteiger charge is -2.29. The highest BCUT2D eigenvalue weighted by Crippen LogP contribution is 2.24. The molecule has 1 heterocycles. The number of piperidine rings is 1. The summed E-state index contributed by atoms with van der Waals surface area (Å²) in [6.45, 7) is 3.84. The van der Waals surface area contributed by atoms with Gasteiger partial charge >= 0.3 is 5.97 Å². The van der Waals surface area contributed by atoms with Crippen LogP contribution in [-0.4, -0.2) is 45.5 Å². The molecule has 0 N–H and O–H groups in total. The summed E-state index contributed by atoms with van der Waals surface area (Å²) >= 11 is 0. The maximum absolute atomic E-state index is 12.8. The van der Waals surface area contributed by atoms with Crippen molar-refractivity contribution < 1.29 is 22.7 Å². The van der Waals surface area contributed by atoms with Crippen molar-refractivity contribution in [2.75, 3.05) is 26.8 Å². The van der Waals surface area contributed by atoms with E-state index in [0.717, 1.165) is 24.8 Å². The third-order valence-electron chi connectivity index (χ3n) is 5.20. The molecule has 1 saturated heterocycles. The molecule has 0 radical (unpaired) electrons. The van der Waals surface area contributed by atoms with Crippen LogP contribution in [0.25, 0.3) is 0 Å². The summed E-state index contributed by atoms with van der Waals surface area (Å²) in [7, 11) is -1.88. The number of carbonyl (C=O) groups excluding carboxylic acids is 1. The molecule has 0 unspecified atom stereocenters. The fourth-order valence-corrected chi connectivity index (χ4v) is 4.72. The van der Waals surface area contributed by atoms with E-state index in [9.17, 15) is 13.2 Å². The Morgan fingerprint density at radius 2 is 1.66 bits per heavy atom. The van der Waals surface area contributed by atoms with E-state index in [1.54, 1.807) is 19.2 Å². The van der Waals surface area contributed by atoms with Crippen molar-refractivity contribution in [2.24, 2.45) is 5.92 Å². The largest absolute Gasteiger partial charge is 0.423 e. The number of carbonyl (C=O) groups is 1. The van der Waals surface area contributed by atoms with Crippen molar-refractivity contribution in [1.82, 2.24) is 4.31 Å². The zero-order valence-electron chi connectivity index (χ0n) is 16.8. The second kappa shape index (κ2) is 9.52. The average Bonchev–Trinajstić information content (AvgIpc) is 2.73. The topological polar surface area (TPSA) is 72.9 Å². The van der Waals surface area contributed by atoms with E-state index in [2.05, 4.69) is 6.92 Å². The Kier molecular flexibility index (Phi) is 7.05. The third-order valence-corrected chi connectivity index (χ3v) is 7.11. The van der Waals surface area contributed by atoms with E-state index in [1.807, 2.05) is 12.1 Å². The van der Waals surface area contributed by atoms with E-state index in [4.69, 9.17) is 9.47 Å². The number of benzene rings is 2. The number of nitrogens with zero attached hydrogens (tertiary/aromatic N) is 1. The van der Waals surface area contributed by atoms with Crippen molar-refractivity contribution in [1.29, 1.82) is 0 Å². The molecular formula is C22H27NO5S. The van der Waals surface area contributed by atoms with Crippen molar-refractivity contribution >= 4 is 16.0 Å². The predicted octanol–water partition coefficient (Wildman–Crippen LogP) is 3.52. The van der Waals surface area contributed by atoms with Crippen molar-refractivity contribution in [2.45, 2.75) is 31.1 Å². The quantitative estimate of drug-likeness (QED) is 0.509. The molecule has 6 nitrogen and oxygen atoms in total. The van der Waals surface area contributed by atoms with Gasteiger partial charge in [0.2, 0.25) is 10.0 Å². The summed E-state index contributed by atoms with van der Waals surface area (Å²) in [5.74, 6) is 0.466. The molecule has 0 amide bonds. The van der Waals surface area contributed by atoms with Gasteiger partial charge in [0.1, 0.15) is 5.75 Å². The molecule has 0 saturated carbocycles. The number of hydrogen-bond donors (Lipinski definition) is 0. The van der Waals surface area contributed by atoms with Crippen LogP contribution in [0.5, 0.6) is 5.75 Å². The molecule has 1 aliphatic rings. The Labute approximate surface area is 172 Å². The molecule has 3 rings (SSSR count). The van der Waals surface area contributed by atoms with Gasteiger partial charge in [-0.05, 0) is 67.1 Å². The first-order chi connectivity index (χ1) is 13.9. The zero-order valence-corrected chi connectivity index (χ0v) is 17.7. The molecule has 0 aromatic heterocycles. The first kappa shape index (κ1) is 21.5. The molecule has 29 heavy (non-hydrogen) atoms. The Morgan fingerprint density at radius 1 is 1.03 bits per heavy atom. The summed E-state index contributed by atoms with van der Waals surface area (Å²) in [5, 5.41) is 0. The lowest BCUT2D eigenvalue weighted by molar-refractivity contribution is 0.0734. The van der Waals surface area contributed by atoms with Gasteiger partial charge in [0.05, 0.1) is 17.1 Å². The Hall–Kier alpha value is -2.22. The van der Waals surface area contributed by atoms with Gasteiger partial charge in [-0.1, -0.05) is 19.1 Å². The van der Waals surface area contributed by atoms with E-state index >= 15 is 0 Å². The van der Waals surface area contributed by atoms with Crippen LogP contribution in [0.3, 0.4) is 0 Å². The standard InChI is InChI=1S/C22H27NO5S/c1-17-11-14-23(15-12-17)29(25,26)21-9-5-19(6-10-21)22(24)28-20-7-3-18(4-8-20)13-16-27-2/h3-10,17H,11-16H2,1-2H3. The van der Waals surface area contributed by atoms with Gasteiger partial charge in [-0.15, -0.1) is 0 Å². The number of esters is 1. The molecular weight excluding hydrogens is 390 g/mol. The second-order valence-corrected chi connectivity index (χ2v) is 9.33. The van der Waals surface area contributed by atoms with Gasteiger partial charge in [0.25, 0.3) is 0 Å². The maximum atomic E-state index is 12.8. The van der Waals surface area contributed by atoms with Gasteiger partial charge in [0.15, 0.2) is 0 Å². The zero-order chi connectivity index (χ0) is 20.9. The Bertz CT molecular complexity index is 915. The number of ether oxygens (including phenoxy) is 2. The first-order valence-corrected chi connectivity index (χ1v) is 11.2. The van der Waals surface area contributed by atoms with Gasteiger partial charge < -0.3 is 9.47 Å². The summed E-state index contributed by atoms with van der Waals surface area (Å²) in [4.78, 5) is 12.6. The fraction of sp³-hybridized carbons (Fsp3) is 0.409. The van der Waals surface area contributed by atoms with Crippen molar-refractivity contribution in [3.8, 4) is 5.75 Å². The van der Waals surface area contributed by atoms with Gasteiger partial charge in [-0.3, -0.25) is 0 Å². The van der Waals surface area contributed by atoms with Gasteiger partial charge in [-0.2, -0.15) is 4.31 Å². The smallest absolute Gasteiger partial charge is 0.343 e. The first-order valence-electron chi connectivity index (χ1n) is 9.80. The molecule has 1 aliphatic heterocycles. The number of hydrogen-bond acceptors (Lipinski definition) is 5. The molecule has 0 aliphatic carbocycles. The highest BCUT2D eigenvalue weighted by molar-refractivity contribution is 7.89. The summed E-state index contributed by atoms with van der Waals surface area (Å²) in [6, 6.07) is 13.2. The van der Waals surface area contributed by atoms with Gasteiger partial charge in [-0.25, -0.2) is 13.2 Å². The molecule has 156 valence electrons. The molecule has 7 heteroatoms. The molecule has 2 aromatic carbocycles. The third kappa shape index (κ3) is 5.44. The van der Waals surface area contributed by atoms with E-state index in [-0.39, 0.29) is 4.90 Å². The van der Waals surface area contributed by atoms with Crippen molar-refractivity contribution in [3.05, 3.63) is 59.7 Å². The SMILES string of the molecule is COCCc1ccc(OC(=O)c2ccc(S(=O)(=O)N3CCC(C)CC3)cc2)cc1. The van der Waals surface area contributed by atoms with E-state index in [1.165, 1.54) is 28.6 Å². The van der Waals surface area contributed by atoms with Crippen LogP contribution in [0.4, 0.5) is 0 Å². The molecule has 0 spiro atoms. The van der Waals surface area contributed by atoms with Crippen LogP contribution in [0.2, 0.25) is 0 Å².